The summed E-state index contributed by atoms with van der Waals surface area (Å²) in [5.74, 6) is -0.158. The van der Waals surface area contributed by atoms with Gasteiger partial charge in [0.2, 0.25) is 0 Å². The second-order valence-electron chi connectivity index (χ2n) is 3.85. The van der Waals surface area contributed by atoms with Crippen LogP contribution in [0.4, 0.5) is 4.39 Å². The third-order valence-electron chi connectivity index (χ3n) is 2.42. The first kappa shape index (κ1) is 13.5. The molecule has 0 spiro atoms. The summed E-state index contributed by atoms with van der Waals surface area (Å²) in [6, 6.07) is 5.19. The van der Waals surface area contributed by atoms with Gasteiger partial charge in [0.05, 0.1) is 0 Å². The molecule has 96 valence electrons. The number of benzene rings is 1. The fourth-order valence-electron chi connectivity index (χ4n) is 1.53. The lowest BCUT2D eigenvalue weighted by Gasteiger charge is -2.09. The Morgan fingerprint density at radius 1 is 1.44 bits per heavy atom. The molecule has 2 rings (SSSR count). The van der Waals surface area contributed by atoms with E-state index in [2.05, 4.69) is 10.3 Å². The highest BCUT2D eigenvalue weighted by Crippen LogP contribution is 2.33. The van der Waals surface area contributed by atoms with Gasteiger partial charge in [-0.15, -0.1) is 11.3 Å². The molecule has 0 aliphatic heterocycles. The molecule has 0 saturated heterocycles. The predicted octanol–water partition coefficient (Wildman–Crippen LogP) is 3.85. The molecule has 1 aromatic heterocycles. The number of halogens is 1. The van der Waals surface area contributed by atoms with E-state index >= 15 is 0 Å². The van der Waals surface area contributed by atoms with E-state index in [0.29, 0.717) is 6.54 Å². The van der Waals surface area contributed by atoms with Crippen molar-refractivity contribution >= 4 is 23.1 Å². The fraction of sp³-hybridized carbons (Fsp3) is 0.308. The maximum absolute atomic E-state index is 13.8. The molecule has 0 amide bonds. The Morgan fingerprint density at radius 3 is 2.94 bits per heavy atom. The molecular formula is C13H15FN2S2. The summed E-state index contributed by atoms with van der Waals surface area (Å²) in [6.07, 6.45) is 0. The summed E-state index contributed by atoms with van der Waals surface area (Å²) < 4.78 is 14.8. The Bertz CT molecular complexity index is 525. The zero-order chi connectivity index (χ0) is 13.0. The largest absolute Gasteiger partial charge is 0.313 e. The summed E-state index contributed by atoms with van der Waals surface area (Å²) in [4.78, 5) is 5.33. The van der Waals surface area contributed by atoms with Crippen LogP contribution < -0.4 is 5.32 Å². The lowest BCUT2D eigenvalue weighted by Crippen LogP contribution is -2.13. The first-order valence-electron chi connectivity index (χ1n) is 5.78. The first-order chi connectivity index (χ1) is 8.70. The van der Waals surface area contributed by atoms with Gasteiger partial charge in [-0.1, -0.05) is 24.8 Å². The van der Waals surface area contributed by atoms with Gasteiger partial charge in [0.25, 0.3) is 0 Å². The molecule has 0 unspecified atom stereocenters. The van der Waals surface area contributed by atoms with Crippen molar-refractivity contribution in [3.63, 3.8) is 0 Å². The van der Waals surface area contributed by atoms with E-state index in [4.69, 9.17) is 0 Å². The number of nitrogens with zero attached hydrogens (tertiary/aromatic N) is 1. The van der Waals surface area contributed by atoms with Crippen molar-refractivity contribution in [1.29, 1.82) is 0 Å². The predicted molar refractivity (Wildman–Crippen MR) is 74.8 cm³/mol. The van der Waals surface area contributed by atoms with Crippen molar-refractivity contribution in [1.82, 2.24) is 10.3 Å². The van der Waals surface area contributed by atoms with Crippen LogP contribution in [0.5, 0.6) is 0 Å². The van der Waals surface area contributed by atoms with Crippen molar-refractivity contribution in [2.24, 2.45) is 0 Å². The topological polar surface area (TPSA) is 24.9 Å². The van der Waals surface area contributed by atoms with Crippen LogP contribution in [0, 0.1) is 12.7 Å². The van der Waals surface area contributed by atoms with Gasteiger partial charge >= 0.3 is 0 Å². The molecule has 1 heterocycles. The maximum atomic E-state index is 13.8. The van der Waals surface area contributed by atoms with Crippen molar-refractivity contribution < 1.29 is 4.39 Å². The molecule has 18 heavy (non-hydrogen) atoms. The van der Waals surface area contributed by atoms with Gasteiger partial charge in [-0.3, -0.25) is 0 Å². The number of hydrogen-bond donors (Lipinski definition) is 1. The SMILES string of the molecule is CCNCc1c(F)cccc1Sc1nc(C)cs1. The Labute approximate surface area is 115 Å². The fourth-order valence-corrected chi connectivity index (χ4v) is 3.47. The van der Waals surface area contributed by atoms with E-state index in [9.17, 15) is 4.39 Å². The highest BCUT2D eigenvalue weighted by molar-refractivity contribution is 8.01. The number of nitrogens with one attached hydrogen (secondary N) is 1. The van der Waals surface area contributed by atoms with Crippen LogP contribution in [0.1, 0.15) is 18.2 Å². The summed E-state index contributed by atoms with van der Waals surface area (Å²) in [7, 11) is 0. The Hall–Kier alpha value is -0.910. The average molecular weight is 282 g/mol. The minimum absolute atomic E-state index is 0.158. The normalized spacial score (nSPS) is 10.8. The van der Waals surface area contributed by atoms with Crippen LogP contribution in [-0.2, 0) is 6.54 Å². The number of thiazole rings is 1. The smallest absolute Gasteiger partial charge is 0.154 e. The van der Waals surface area contributed by atoms with Crippen molar-refractivity contribution in [3.05, 3.63) is 40.7 Å². The highest BCUT2D eigenvalue weighted by atomic mass is 32.2. The van der Waals surface area contributed by atoms with Crippen LogP contribution in [0.25, 0.3) is 0 Å². The molecule has 0 bridgehead atoms. The van der Waals surface area contributed by atoms with Gasteiger partial charge in [0, 0.05) is 28.1 Å². The molecule has 2 nitrogen and oxygen atoms in total. The van der Waals surface area contributed by atoms with Crippen LogP contribution in [0.3, 0.4) is 0 Å². The summed E-state index contributed by atoms with van der Waals surface area (Å²) >= 11 is 3.12. The summed E-state index contributed by atoms with van der Waals surface area (Å²) in [5.41, 5.74) is 1.73. The molecule has 0 atom stereocenters. The van der Waals surface area contributed by atoms with E-state index in [-0.39, 0.29) is 5.82 Å². The molecule has 2 aromatic rings. The Kier molecular flexibility index (Phi) is 4.74. The molecule has 0 fully saturated rings. The molecule has 0 aliphatic rings. The first-order valence-corrected chi connectivity index (χ1v) is 7.48. The van der Waals surface area contributed by atoms with E-state index in [1.165, 1.54) is 17.8 Å². The van der Waals surface area contributed by atoms with E-state index in [1.54, 1.807) is 17.4 Å². The average Bonchev–Trinajstić information content (AvgIpc) is 2.74. The van der Waals surface area contributed by atoms with Gasteiger partial charge in [0.15, 0.2) is 4.34 Å². The van der Waals surface area contributed by atoms with Gasteiger partial charge in [-0.2, -0.15) is 0 Å². The number of aryl methyl sites for hydroxylation is 1. The van der Waals surface area contributed by atoms with Crippen LogP contribution in [0.15, 0.2) is 32.8 Å². The van der Waals surface area contributed by atoms with Gasteiger partial charge in [0.1, 0.15) is 5.82 Å². The highest BCUT2D eigenvalue weighted by Gasteiger charge is 2.10. The Morgan fingerprint density at radius 2 is 2.28 bits per heavy atom. The zero-order valence-electron chi connectivity index (χ0n) is 10.4. The molecule has 0 saturated carbocycles. The van der Waals surface area contributed by atoms with Gasteiger partial charge in [-0.25, -0.2) is 9.37 Å². The van der Waals surface area contributed by atoms with Gasteiger partial charge < -0.3 is 5.32 Å². The second-order valence-corrected chi connectivity index (χ2v) is 6.00. The summed E-state index contributed by atoms with van der Waals surface area (Å²) in [6.45, 7) is 5.36. The molecular weight excluding hydrogens is 267 g/mol. The number of rotatable bonds is 5. The zero-order valence-corrected chi connectivity index (χ0v) is 12.0. The third kappa shape index (κ3) is 3.31. The minimum atomic E-state index is -0.158. The van der Waals surface area contributed by atoms with Crippen molar-refractivity contribution in [3.8, 4) is 0 Å². The Balaban J connectivity index is 2.23. The second kappa shape index (κ2) is 6.31. The van der Waals surface area contributed by atoms with Crippen molar-refractivity contribution in [2.45, 2.75) is 29.6 Å². The third-order valence-corrected chi connectivity index (χ3v) is 4.58. The molecule has 1 N–H and O–H groups in total. The monoisotopic (exact) mass is 282 g/mol. The van der Waals surface area contributed by atoms with E-state index < -0.39 is 0 Å². The lowest BCUT2D eigenvalue weighted by atomic mass is 10.2. The quantitative estimate of drug-likeness (QED) is 0.901. The molecule has 0 aliphatic carbocycles. The molecule has 0 radical (unpaired) electrons. The number of hydrogen-bond acceptors (Lipinski definition) is 4. The maximum Gasteiger partial charge on any atom is 0.154 e. The molecule has 5 heteroatoms. The van der Waals surface area contributed by atoms with Crippen LogP contribution in [-0.4, -0.2) is 11.5 Å². The summed E-state index contributed by atoms with van der Waals surface area (Å²) in [5, 5.41) is 5.17. The van der Waals surface area contributed by atoms with Crippen LogP contribution >= 0.6 is 23.1 Å². The van der Waals surface area contributed by atoms with Crippen LogP contribution in [0.2, 0.25) is 0 Å². The molecule has 1 aromatic carbocycles. The van der Waals surface area contributed by atoms with E-state index in [1.807, 2.05) is 25.3 Å². The number of aromatic nitrogens is 1. The van der Waals surface area contributed by atoms with E-state index in [0.717, 1.165) is 27.0 Å². The standard InChI is InChI=1S/C13H15FN2S2/c1-3-15-7-10-11(14)5-4-6-12(10)18-13-16-9(2)8-17-13/h4-6,8,15H,3,7H2,1-2H3. The lowest BCUT2D eigenvalue weighted by molar-refractivity contribution is 0.586. The van der Waals surface area contributed by atoms with Crippen molar-refractivity contribution in [2.75, 3.05) is 6.54 Å². The minimum Gasteiger partial charge on any atom is -0.313 e. The van der Waals surface area contributed by atoms with Gasteiger partial charge in [-0.05, 0) is 25.6 Å².